The first-order valence-electron chi connectivity index (χ1n) is 5.21. The second-order valence-electron chi connectivity index (χ2n) is 3.87. The smallest absolute Gasteiger partial charge is 0.247 e. The summed E-state index contributed by atoms with van der Waals surface area (Å²) >= 11 is 2.81. The molecule has 0 radical (unpaired) electrons. The summed E-state index contributed by atoms with van der Waals surface area (Å²) in [5.41, 5.74) is 1.05. The number of primary sulfonamides is 1. The largest absolute Gasteiger partial charge is 0.309 e. The lowest BCUT2D eigenvalue weighted by Crippen LogP contribution is -2.32. The van der Waals surface area contributed by atoms with Gasteiger partial charge < -0.3 is 5.32 Å². The number of thiophene rings is 1. The van der Waals surface area contributed by atoms with Gasteiger partial charge in [0.25, 0.3) is 0 Å². The predicted octanol–water partition coefficient (Wildman–Crippen LogP) is 0.999. The topological polar surface area (TPSA) is 75.4 Å². The molecule has 1 aliphatic rings. The molecule has 0 spiro atoms. The van der Waals surface area contributed by atoms with Crippen molar-refractivity contribution >= 4 is 33.3 Å². The normalized spacial score (nSPS) is 21.5. The van der Waals surface area contributed by atoms with E-state index in [-0.39, 0.29) is 10.3 Å². The van der Waals surface area contributed by atoms with E-state index in [0.717, 1.165) is 22.9 Å². The van der Waals surface area contributed by atoms with Crippen molar-refractivity contribution in [2.24, 2.45) is 5.14 Å². The van der Waals surface area contributed by atoms with Crippen molar-refractivity contribution in [3.63, 3.8) is 0 Å². The van der Waals surface area contributed by atoms with Crippen LogP contribution in [0.4, 0.5) is 0 Å². The van der Waals surface area contributed by atoms with Gasteiger partial charge >= 0.3 is 0 Å². The molecule has 8 heteroatoms. The lowest BCUT2D eigenvalue weighted by Gasteiger charge is -2.29. The highest BCUT2D eigenvalue weighted by Crippen LogP contribution is 2.42. The Balaban J connectivity index is 2.41. The number of nitrogens with zero attached hydrogens (tertiary/aromatic N) is 1. The van der Waals surface area contributed by atoms with Crippen LogP contribution >= 0.6 is 23.3 Å². The molecule has 96 valence electrons. The van der Waals surface area contributed by atoms with Crippen LogP contribution in [0.1, 0.15) is 18.5 Å². The lowest BCUT2D eigenvalue weighted by atomic mass is 10.1. The zero-order chi connectivity index (χ0) is 12.6. The van der Waals surface area contributed by atoms with Crippen molar-refractivity contribution in [3.05, 3.63) is 11.6 Å². The third kappa shape index (κ3) is 2.83. The predicted molar refractivity (Wildman–Crippen MR) is 70.6 cm³/mol. The van der Waals surface area contributed by atoms with E-state index in [9.17, 15) is 8.42 Å². The Bertz CT molecular complexity index is 512. The molecule has 0 unspecified atom stereocenters. The molecule has 2 heterocycles. The van der Waals surface area contributed by atoms with Crippen LogP contribution in [0.15, 0.2) is 14.5 Å². The molecule has 1 aliphatic heterocycles. The zero-order valence-electron chi connectivity index (χ0n) is 9.63. The highest BCUT2D eigenvalue weighted by molar-refractivity contribution is 7.99. The number of hydrogen-bond donors (Lipinski definition) is 2. The summed E-state index contributed by atoms with van der Waals surface area (Å²) in [4.78, 5) is 0. The molecule has 0 aromatic carbocycles. The summed E-state index contributed by atoms with van der Waals surface area (Å²) < 4.78 is 26.0. The SMILES string of the molecule is CCN[C@H]1CN(C)Sc2sc(S(N)(=O)=O)cc21. The van der Waals surface area contributed by atoms with Crippen LogP contribution in [0.25, 0.3) is 0 Å². The van der Waals surface area contributed by atoms with Gasteiger partial charge in [0.15, 0.2) is 0 Å². The van der Waals surface area contributed by atoms with Crippen LogP contribution in [0.5, 0.6) is 0 Å². The molecular formula is C9H15N3O2S3. The van der Waals surface area contributed by atoms with Gasteiger partial charge in [-0.15, -0.1) is 11.3 Å². The monoisotopic (exact) mass is 293 g/mol. The molecule has 1 atom stereocenters. The Morgan fingerprint density at radius 3 is 2.94 bits per heavy atom. The van der Waals surface area contributed by atoms with Gasteiger partial charge in [0.2, 0.25) is 10.0 Å². The van der Waals surface area contributed by atoms with Gasteiger partial charge in [-0.25, -0.2) is 17.9 Å². The van der Waals surface area contributed by atoms with E-state index in [1.54, 1.807) is 18.0 Å². The fraction of sp³-hybridized carbons (Fsp3) is 0.556. The quantitative estimate of drug-likeness (QED) is 0.813. The van der Waals surface area contributed by atoms with Crippen molar-refractivity contribution in [2.75, 3.05) is 20.1 Å². The summed E-state index contributed by atoms with van der Waals surface area (Å²) in [5, 5.41) is 8.51. The number of nitrogens with two attached hydrogens (primary N) is 1. The molecule has 0 fully saturated rings. The van der Waals surface area contributed by atoms with Crippen LogP contribution in [0, 0.1) is 0 Å². The average molecular weight is 293 g/mol. The molecule has 0 bridgehead atoms. The Hall–Kier alpha value is -0.120. The van der Waals surface area contributed by atoms with E-state index in [1.165, 1.54) is 11.3 Å². The first kappa shape index (κ1) is 13.3. The fourth-order valence-electron chi connectivity index (χ4n) is 1.78. The number of rotatable bonds is 3. The molecule has 2 rings (SSSR count). The Morgan fingerprint density at radius 2 is 2.35 bits per heavy atom. The molecule has 0 aliphatic carbocycles. The number of hydrogen-bond acceptors (Lipinski definition) is 6. The molecule has 1 aromatic heterocycles. The van der Waals surface area contributed by atoms with Crippen molar-refractivity contribution in [2.45, 2.75) is 21.4 Å². The summed E-state index contributed by atoms with van der Waals surface area (Å²) in [7, 11) is -1.60. The summed E-state index contributed by atoms with van der Waals surface area (Å²) in [6.07, 6.45) is 0. The van der Waals surface area contributed by atoms with Gasteiger partial charge in [0.05, 0.1) is 4.21 Å². The minimum Gasteiger partial charge on any atom is -0.309 e. The Morgan fingerprint density at radius 1 is 1.65 bits per heavy atom. The Labute approximate surface area is 110 Å². The Kier molecular flexibility index (Phi) is 3.81. The molecular weight excluding hydrogens is 278 g/mol. The van der Waals surface area contributed by atoms with Crippen LogP contribution < -0.4 is 10.5 Å². The molecule has 0 saturated heterocycles. The van der Waals surface area contributed by atoms with Crippen LogP contribution in [0.3, 0.4) is 0 Å². The molecule has 0 amide bonds. The van der Waals surface area contributed by atoms with Gasteiger partial charge in [-0.05, 0) is 37.2 Å². The van der Waals surface area contributed by atoms with Gasteiger partial charge in [0.1, 0.15) is 4.21 Å². The van der Waals surface area contributed by atoms with Crippen LogP contribution in [-0.2, 0) is 10.0 Å². The maximum atomic E-state index is 11.3. The van der Waals surface area contributed by atoms with E-state index in [1.807, 2.05) is 14.0 Å². The number of likely N-dealkylation sites (N-methyl/N-ethyl adjacent to an activating group) is 2. The maximum absolute atomic E-state index is 11.3. The second-order valence-corrected chi connectivity index (χ2v) is 8.18. The number of sulfonamides is 1. The van der Waals surface area contributed by atoms with Gasteiger partial charge in [-0.1, -0.05) is 6.92 Å². The van der Waals surface area contributed by atoms with E-state index < -0.39 is 10.0 Å². The van der Waals surface area contributed by atoms with Crippen LogP contribution in [-0.4, -0.2) is 32.9 Å². The zero-order valence-corrected chi connectivity index (χ0v) is 12.1. The molecule has 3 N–H and O–H groups in total. The van der Waals surface area contributed by atoms with Crippen molar-refractivity contribution in [1.29, 1.82) is 0 Å². The van der Waals surface area contributed by atoms with E-state index in [4.69, 9.17) is 5.14 Å². The summed E-state index contributed by atoms with van der Waals surface area (Å²) in [6.45, 7) is 3.74. The van der Waals surface area contributed by atoms with Crippen LogP contribution in [0.2, 0.25) is 0 Å². The third-order valence-corrected chi connectivity index (χ3v) is 6.19. The average Bonchev–Trinajstić information content (AvgIpc) is 2.61. The van der Waals surface area contributed by atoms with Gasteiger partial charge in [0, 0.05) is 12.6 Å². The van der Waals surface area contributed by atoms with Crippen molar-refractivity contribution < 1.29 is 8.42 Å². The third-order valence-electron chi connectivity index (χ3n) is 2.49. The standard InChI is InChI=1S/C9H15N3O2S3/c1-3-11-7-5-12(2)16-9-6(7)4-8(15-9)17(10,13)14/h4,7,11H,3,5H2,1-2H3,(H2,10,13,14)/t7-/m0/s1. The lowest BCUT2D eigenvalue weighted by molar-refractivity contribution is 0.425. The molecule has 1 aromatic rings. The van der Waals surface area contributed by atoms with Crippen molar-refractivity contribution in [3.8, 4) is 0 Å². The highest BCUT2D eigenvalue weighted by atomic mass is 32.3. The van der Waals surface area contributed by atoms with E-state index in [0.29, 0.717) is 0 Å². The molecule has 0 saturated carbocycles. The van der Waals surface area contributed by atoms with E-state index >= 15 is 0 Å². The molecule has 5 nitrogen and oxygen atoms in total. The van der Waals surface area contributed by atoms with Crippen molar-refractivity contribution in [1.82, 2.24) is 9.62 Å². The minimum atomic E-state index is -3.59. The van der Waals surface area contributed by atoms with Gasteiger partial charge in [-0.2, -0.15) is 0 Å². The van der Waals surface area contributed by atoms with E-state index in [2.05, 4.69) is 9.62 Å². The first-order chi connectivity index (χ1) is 7.91. The highest BCUT2D eigenvalue weighted by Gasteiger charge is 2.28. The minimum absolute atomic E-state index is 0.174. The summed E-state index contributed by atoms with van der Waals surface area (Å²) in [6, 6.07) is 1.87. The summed E-state index contributed by atoms with van der Waals surface area (Å²) in [5.74, 6) is 0. The fourth-order valence-corrected chi connectivity index (χ4v) is 5.24. The second kappa shape index (κ2) is 4.87. The number of nitrogens with one attached hydrogen (secondary N) is 1. The number of fused-ring (bicyclic) bond motifs is 1. The van der Waals surface area contributed by atoms with Gasteiger partial charge in [-0.3, -0.25) is 0 Å². The first-order valence-corrected chi connectivity index (χ1v) is 8.34. The molecule has 17 heavy (non-hydrogen) atoms. The maximum Gasteiger partial charge on any atom is 0.247 e.